The van der Waals surface area contributed by atoms with Gasteiger partial charge in [0.25, 0.3) is 11.8 Å². The molecule has 0 saturated carbocycles. The van der Waals surface area contributed by atoms with Crippen molar-refractivity contribution in [1.29, 1.82) is 0 Å². The normalized spacial score (nSPS) is 23.6. The molecule has 3 heterocycles. The van der Waals surface area contributed by atoms with E-state index in [0.29, 0.717) is 25.4 Å². The van der Waals surface area contributed by atoms with E-state index in [4.69, 9.17) is 14.2 Å². The highest BCUT2D eigenvalue weighted by Crippen LogP contribution is 2.29. The van der Waals surface area contributed by atoms with Crippen LogP contribution in [0.5, 0.6) is 0 Å². The number of ether oxygens (including phenoxy) is 3. The minimum atomic E-state index is -0.394. The second-order valence-corrected chi connectivity index (χ2v) is 9.38. The van der Waals surface area contributed by atoms with Crippen molar-refractivity contribution in [3.8, 4) is 0 Å². The summed E-state index contributed by atoms with van der Waals surface area (Å²) in [6, 6.07) is 22.2. The van der Waals surface area contributed by atoms with E-state index in [1.807, 2.05) is 53.9 Å². The summed E-state index contributed by atoms with van der Waals surface area (Å²) in [5.41, 5.74) is 1.72. The van der Waals surface area contributed by atoms with Gasteiger partial charge < -0.3 is 24.8 Å². The minimum Gasteiger partial charge on any atom is -0.370 e. The average Bonchev–Trinajstić information content (AvgIpc) is 3.63. The van der Waals surface area contributed by atoms with Crippen LogP contribution in [0.2, 0.25) is 0 Å². The van der Waals surface area contributed by atoms with Crippen molar-refractivity contribution in [2.75, 3.05) is 13.2 Å². The van der Waals surface area contributed by atoms with Gasteiger partial charge in [-0.25, -0.2) is 0 Å². The van der Waals surface area contributed by atoms with E-state index in [1.165, 1.54) is 11.3 Å². The van der Waals surface area contributed by atoms with Crippen LogP contribution in [0.4, 0.5) is 0 Å². The van der Waals surface area contributed by atoms with E-state index in [0.717, 1.165) is 10.4 Å². The van der Waals surface area contributed by atoms with E-state index in [-0.39, 0.29) is 36.0 Å². The van der Waals surface area contributed by atoms with Crippen molar-refractivity contribution >= 4 is 29.2 Å². The molecule has 4 atom stereocenters. The fraction of sp³-hybridized carbons (Fsp3) is 0.259. The second kappa shape index (κ2) is 11.0. The molecule has 8 heteroatoms. The Balaban J connectivity index is 1.23. The van der Waals surface area contributed by atoms with Gasteiger partial charge in [-0.3, -0.25) is 9.59 Å². The first-order chi connectivity index (χ1) is 17.2. The topological polar surface area (TPSA) is 85.9 Å². The number of amides is 2. The van der Waals surface area contributed by atoms with Gasteiger partial charge in [0.1, 0.15) is 24.0 Å². The number of hydrogen-bond donors (Lipinski definition) is 2. The van der Waals surface area contributed by atoms with Gasteiger partial charge in [-0.1, -0.05) is 54.6 Å². The fourth-order valence-electron chi connectivity index (χ4n) is 4.21. The lowest BCUT2D eigenvalue weighted by molar-refractivity contribution is -0.119. The molecule has 2 aliphatic rings. The lowest BCUT2D eigenvalue weighted by Gasteiger charge is -2.19. The molecular formula is C27H26N2O5S. The van der Waals surface area contributed by atoms with Gasteiger partial charge in [-0.2, -0.15) is 0 Å². The zero-order valence-electron chi connectivity index (χ0n) is 19.0. The Morgan fingerprint density at radius 1 is 0.943 bits per heavy atom. The summed E-state index contributed by atoms with van der Waals surface area (Å²) in [6.07, 6.45) is 0.899. The lowest BCUT2D eigenvalue weighted by atomic mass is 10.1. The maximum absolute atomic E-state index is 13.2. The molecule has 2 fully saturated rings. The van der Waals surface area contributed by atoms with Crippen LogP contribution in [0.1, 0.15) is 20.8 Å². The molecule has 2 aliphatic heterocycles. The Hall–Kier alpha value is -3.30. The maximum atomic E-state index is 13.2. The second-order valence-electron chi connectivity index (χ2n) is 8.40. The molecule has 180 valence electrons. The Bertz CT molecular complexity index is 1170. The molecule has 3 aromatic rings. The first-order valence-corrected chi connectivity index (χ1v) is 12.4. The molecule has 1 aromatic heterocycles. The van der Waals surface area contributed by atoms with Gasteiger partial charge in [-0.15, -0.1) is 11.3 Å². The van der Waals surface area contributed by atoms with Gasteiger partial charge in [0.2, 0.25) is 0 Å². The molecule has 0 unspecified atom stereocenters. The summed E-state index contributed by atoms with van der Waals surface area (Å²) in [7, 11) is 0. The van der Waals surface area contributed by atoms with E-state index in [9.17, 15) is 9.59 Å². The number of benzene rings is 2. The summed E-state index contributed by atoms with van der Waals surface area (Å²) in [5.74, 6) is -0.746. The first-order valence-electron chi connectivity index (χ1n) is 11.5. The Morgan fingerprint density at radius 2 is 1.69 bits per heavy atom. The third-order valence-corrected chi connectivity index (χ3v) is 6.81. The zero-order chi connectivity index (χ0) is 24.0. The Labute approximate surface area is 207 Å². The predicted molar refractivity (Wildman–Crippen MR) is 133 cm³/mol. The summed E-state index contributed by atoms with van der Waals surface area (Å²) < 4.78 is 18.0. The molecule has 0 radical (unpaired) electrons. The van der Waals surface area contributed by atoms with Gasteiger partial charge in [0, 0.05) is 10.4 Å². The van der Waals surface area contributed by atoms with Crippen LogP contribution >= 0.6 is 11.3 Å². The van der Waals surface area contributed by atoms with Crippen molar-refractivity contribution in [1.82, 2.24) is 10.6 Å². The highest BCUT2D eigenvalue weighted by atomic mass is 32.1. The van der Waals surface area contributed by atoms with Gasteiger partial charge >= 0.3 is 0 Å². The van der Waals surface area contributed by atoms with E-state index >= 15 is 0 Å². The van der Waals surface area contributed by atoms with Crippen LogP contribution in [0.15, 0.2) is 83.9 Å². The van der Waals surface area contributed by atoms with Gasteiger partial charge in [0.05, 0.1) is 25.9 Å². The van der Waals surface area contributed by atoms with Crippen LogP contribution in [0.3, 0.4) is 0 Å². The SMILES string of the molecule is O=C(N[C@@H]1CO[C@@H]2[C@H]1OC[C@@H]2OCc1ccccc1)/C(=C/c1cccs1)NC(=O)c1ccccc1. The monoisotopic (exact) mass is 490 g/mol. The van der Waals surface area contributed by atoms with Crippen molar-refractivity contribution in [3.63, 3.8) is 0 Å². The van der Waals surface area contributed by atoms with Crippen LogP contribution in [-0.4, -0.2) is 49.4 Å². The molecular weight excluding hydrogens is 464 g/mol. The zero-order valence-corrected chi connectivity index (χ0v) is 19.8. The predicted octanol–water partition coefficient (Wildman–Crippen LogP) is 3.39. The smallest absolute Gasteiger partial charge is 0.268 e. The third kappa shape index (κ3) is 5.68. The van der Waals surface area contributed by atoms with E-state index in [1.54, 1.807) is 30.3 Å². The summed E-state index contributed by atoms with van der Waals surface area (Å²) in [6.45, 7) is 1.18. The number of hydrogen-bond acceptors (Lipinski definition) is 6. The van der Waals surface area contributed by atoms with Gasteiger partial charge in [-0.05, 0) is 35.2 Å². The number of carbonyl (C=O) groups is 2. The van der Waals surface area contributed by atoms with Crippen molar-refractivity contribution in [2.24, 2.45) is 0 Å². The molecule has 35 heavy (non-hydrogen) atoms. The van der Waals surface area contributed by atoms with Crippen molar-refractivity contribution in [3.05, 3.63) is 99.9 Å². The number of rotatable bonds is 8. The van der Waals surface area contributed by atoms with E-state index < -0.39 is 5.91 Å². The highest BCUT2D eigenvalue weighted by molar-refractivity contribution is 7.10. The molecule has 0 aliphatic carbocycles. The molecule has 0 spiro atoms. The number of thiophene rings is 1. The minimum absolute atomic E-state index is 0.166. The summed E-state index contributed by atoms with van der Waals surface area (Å²) >= 11 is 1.48. The van der Waals surface area contributed by atoms with Crippen LogP contribution in [0, 0.1) is 0 Å². The van der Waals surface area contributed by atoms with Crippen molar-refractivity contribution < 1.29 is 23.8 Å². The maximum Gasteiger partial charge on any atom is 0.268 e. The van der Waals surface area contributed by atoms with Crippen LogP contribution < -0.4 is 10.6 Å². The molecule has 2 aromatic carbocycles. The molecule has 2 N–H and O–H groups in total. The largest absolute Gasteiger partial charge is 0.370 e. The van der Waals surface area contributed by atoms with Crippen LogP contribution in [-0.2, 0) is 25.6 Å². The molecule has 2 amide bonds. The Kier molecular flexibility index (Phi) is 7.34. The molecule has 2 saturated heterocycles. The number of nitrogens with one attached hydrogen (secondary N) is 2. The van der Waals surface area contributed by atoms with Crippen LogP contribution in [0.25, 0.3) is 6.08 Å². The quantitative estimate of drug-likeness (QED) is 0.473. The van der Waals surface area contributed by atoms with Crippen molar-refractivity contribution in [2.45, 2.75) is 31.0 Å². The van der Waals surface area contributed by atoms with E-state index in [2.05, 4.69) is 10.6 Å². The number of carbonyl (C=O) groups excluding carboxylic acids is 2. The number of fused-ring (bicyclic) bond motifs is 1. The Morgan fingerprint density at radius 3 is 2.43 bits per heavy atom. The van der Waals surface area contributed by atoms with Gasteiger partial charge in [0.15, 0.2) is 0 Å². The fourth-order valence-corrected chi connectivity index (χ4v) is 4.87. The standard InChI is InChI=1S/C27H26N2O5S/c30-26(19-10-5-2-6-11-19)28-21(14-20-12-7-13-35-20)27(31)29-22-16-33-25-23(17-34-24(22)25)32-15-18-8-3-1-4-9-18/h1-14,22-25H,15-17H2,(H,28,30)(H,29,31)/b21-14-/t22-,23+,24+,25+/m1/s1. The molecule has 5 rings (SSSR count). The lowest BCUT2D eigenvalue weighted by Crippen LogP contribution is -2.46. The summed E-state index contributed by atoms with van der Waals surface area (Å²) in [5, 5.41) is 7.67. The molecule has 7 nitrogen and oxygen atoms in total. The summed E-state index contributed by atoms with van der Waals surface area (Å²) in [4.78, 5) is 26.8. The third-order valence-electron chi connectivity index (χ3n) is 5.99. The average molecular weight is 491 g/mol. The molecule has 0 bridgehead atoms. The first kappa shape index (κ1) is 23.4. The highest BCUT2D eigenvalue weighted by Gasteiger charge is 2.49.